The SMILES string of the molecule is CN(C)CCN1CCN(C(=O)[C@H]2CCc3c(sc4ncnc(Nc5ccn6nccc6c5)c34)C2)CC1.O=C(O)[C@H]1CCc2c(sc3ncnc(Nc4ccn5nccc5c4)c23)C1. The molecule has 1 fully saturated rings. The zero-order valence-corrected chi connectivity index (χ0v) is 36.2. The van der Waals surface area contributed by atoms with Gasteiger partial charge in [-0.15, -0.1) is 22.7 Å². The van der Waals surface area contributed by atoms with Gasteiger partial charge in [0, 0.05) is 91.1 Å². The summed E-state index contributed by atoms with van der Waals surface area (Å²) in [5, 5.41) is 26.8. The number of nitrogens with one attached hydrogen (secondary N) is 2. The number of anilines is 4. The van der Waals surface area contributed by atoms with E-state index >= 15 is 0 Å². The van der Waals surface area contributed by atoms with Crippen LogP contribution in [-0.2, 0) is 35.3 Å². The Morgan fingerprint density at radius 3 is 1.81 bits per heavy atom. The highest BCUT2D eigenvalue weighted by molar-refractivity contribution is 7.19. The normalized spacial score (nSPS) is 17.9. The van der Waals surface area contributed by atoms with E-state index in [9.17, 15) is 14.7 Å². The van der Waals surface area contributed by atoms with Crippen molar-refractivity contribution in [2.24, 2.45) is 11.8 Å². The molecule has 62 heavy (non-hydrogen) atoms. The van der Waals surface area contributed by atoms with Crippen molar-refractivity contribution in [3.8, 4) is 0 Å². The first-order chi connectivity index (χ1) is 30.2. The molecule has 8 aromatic rings. The number of amides is 1. The first kappa shape index (κ1) is 40.0. The van der Waals surface area contributed by atoms with Crippen LogP contribution in [0.4, 0.5) is 23.0 Å². The number of fused-ring (bicyclic) bond motifs is 8. The molecule has 0 bridgehead atoms. The Hall–Kier alpha value is -6.08. The Kier molecular flexibility index (Phi) is 11.0. The highest BCUT2D eigenvalue weighted by atomic mass is 32.1. The van der Waals surface area contributed by atoms with E-state index in [-0.39, 0.29) is 11.8 Å². The summed E-state index contributed by atoms with van der Waals surface area (Å²) in [6.45, 7) is 5.74. The number of nitrogens with zero attached hydrogens (tertiary/aromatic N) is 11. The summed E-state index contributed by atoms with van der Waals surface area (Å²) in [4.78, 5) is 53.8. The Balaban J connectivity index is 0.000000156. The maximum atomic E-state index is 13.4. The molecule has 2 atom stereocenters. The number of likely N-dealkylation sites (N-methyl/N-ethyl adjacent to an activating group) is 1. The van der Waals surface area contributed by atoms with Gasteiger partial charge in [-0.05, 0) is 100 Å². The fraction of sp³-hybridized carbons (Fsp3) is 0.364. The molecule has 16 nitrogen and oxygen atoms in total. The van der Waals surface area contributed by atoms with Crippen molar-refractivity contribution in [3.05, 3.63) is 94.7 Å². The number of aliphatic carboxylic acids is 1. The number of piperazine rings is 1. The number of thiophene rings is 2. The largest absolute Gasteiger partial charge is 0.481 e. The predicted octanol–water partition coefficient (Wildman–Crippen LogP) is 6.17. The van der Waals surface area contributed by atoms with Gasteiger partial charge in [0.2, 0.25) is 5.91 Å². The van der Waals surface area contributed by atoms with E-state index in [1.165, 1.54) is 16.0 Å². The summed E-state index contributed by atoms with van der Waals surface area (Å²) in [6.07, 6.45) is 15.1. The van der Waals surface area contributed by atoms with Crippen LogP contribution >= 0.6 is 22.7 Å². The maximum absolute atomic E-state index is 13.4. The smallest absolute Gasteiger partial charge is 0.306 e. The van der Waals surface area contributed by atoms with E-state index in [0.29, 0.717) is 18.7 Å². The molecule has 1 amide bonds. The Bertz CT molecular complexity index is 2930. The number of hydrogen-bond donors (Lipinski definition) is 3. The second kappa shape index (κ2) is 17.0. The summed E-state index contributed by atoms with van der Waals surface area (Å²) in [6, 6.07) is 12.0. The van der Waals surface area contributed by atoms with Gasteiger partial charge in [0.25, 0.3) is 0 Å². The number of aryl methyl sites for hydroxylation is 2. The van der Waals surface area contributed by atoms with Gasteiger partial charge < -0.3 is 25.5 Å². The molecule has 3 N–H and O–H groups in total. The molecule has 18 heteroatoms. The lowest BCUT2D eigenvalue weighted by Gasteiger charge is -2.37. The minimum atomic E-state index is -0.716. The fourth-order valence-electron chi connectivity index (χ4n) is 8.90. The van der Waals surface area contributed by atoms with Crippen LogP contribution in [0, 0.1) is 11.8 Å². The van der Waals surface area contributed by atoms with Crippen LogP contribution in [0.5, 0.6) is 0 Å². The number of carboxylic acids is 1. The zero-order valence-electron chi connectivity index (χ0n) is 34.6. The van der Waals surface area contributed by atoms with E-state index in [1.807, 2.05) is 47.2 Å². The summed E-state index contributed by atoms with van der Waals surface area (Å²) < 4.78 is 3.65. The Labute approximate surface area is 365 Å². The average molecular weight is 870 g/mol. The van der Waals surface area contributed by atoms with Gasteiger partial charge in [0.15, 0.2) is 0 Å². The van der Waals surface area contributed by atoms with Gasteiger partial charge in [-0.2, -0.15) is 10.2 Å². The summed E-state index contributed by atoms with van der Waals surface area (Å²) in [5.41, 5.74) is 6.42. The van der Waals surface area contributed by atoms with Gasteiger partial charge in [-0.3, -0.25) is 14.5 Å². The first-order valence-electron chi connectivity index (χ1n) is 21.0. The molecule has 318 valence electrons. The zero-order chi connectivity index (χ0) is 42.3. The van der Waals surface area contributed by atoms with Crippen molar-refractivity contribution in [1.29, 1.82) is 0 Å². The van der Waals surface area contributed by atoms with E-state index in [1.54, 1.807) is 52.2 Å². The highest BCUT2D eigenvalue weighted by Crippen LogP contribution is 2.42. The minimum absolute atomic E-state index is 0.0625. The van der Waals surface area contributed by atoms with E-state index < -0.39 is 5.97 Å². The van der Waals surface area contributed by atoms with Gasteiger partial charge >= 0.3 is 5.97 Å². The maximum Gasteiger partial charge on any atom is 0.306 e. The molecular formula is C44H47N13O3S2. The molecule has 1 saturated heterocycles. The number of carbonyl (C=O) groups is 2. The van der Waals surface area contributed by atoms with Crippen LogP contribution in [0.3, 0.4) is 0 Å². The third kappa shape index (κ3) is 8.05. The van der Waals surface area contributed by atoms with Crippen molar-refractivity contribution < 1.29 is 14.7 Å². The standard InChI is InChI=1S/C26H32N8OS.C18H15N5O2S/c1-31(2)9-10-32-11-13-33(14-12-32)26(35)18-3-4-21-22(15-18)36-25-23(21)24(27-17-28-25)30-19-6-8-34-20(16-19)5-7-29-34;24-18(25)10-1-2-13-14(7-10)26-17-15(13)16(19-9-20-17)22-11-4-6-23-12(8-11)3-5-21-23/h5-8,16-18H,3-4,9-15H2,1-2H3,(H,27,28,30);3-6,8-10H,1-2,7H2,(H,24,25)(H,19,20,22)/t18-;10-/m00/s1. The Morgan fingerprint density at radius 2 is 1.27 bits per heavy atom. The van der Waals surface area contributed by atoms with Gasteiger partial charge in [-0.1, -0.05) is 0 Å². The lowest BCUT2D eigenvalue weighted by atomic mass is 9.86. The van der Waals surface area contributed by atoms with Gasteiger partial charge in [0.05, 0.1) is 27.7 Å². The quantitative estimate of drug-likeness (QED) is 0.151. The van der Waals surface area contributed by atoms with Gasteiger partial charge in [-0.25, -0.2) is 29.0 Å². The van der Waals surface area contributed by atoms with E-state index in [0.717, 1.165) is 124 Å². The molecule has 9 heterocycles. The topological polar surface area (TPSA) is 174 Å². The van der Waals surface area contributed by atoms with Crippen LogP contribution in [0.2, 0.25) is 0 Å². The molecule has 8 aromatic heterocycles. The number of carboxylic acid groups (broad SMARTS) is 1. The van der Waals surface area contributed by atoms with Crippen molar-refractivity contribution >= 4 is 89.0 Å². The van der Waals surface area contributed by atoms with E-state index in [4.69, 9.17) is 0 Å². The van der Waals surface area contributed by atoms with Crippen LogP contribution < -0.4 is 10.6 Å². The second-order valence-electron chi connectivity index (χ2n) is 16.5. The number of hydrogen-bond acceptors (Lipinski definition) is 14. The third-order valence-corrected chi connectivity index (χ3v) is 14.6. The molecule has 0 unspecified atom stereocenters. The van der Waals surface area contributed by atoms with Gasteiger partial charge in [0.1, 0.15) is 34.0 Å². The van der Waals surface area contributed by atoms with Crippen molar-refractivity contribution in [3.63, 3.8) is 0 Å². The highest BCUT2D eigenvalue weighted by Gasteiger charge is 2.33. The van der Waals surface area contributed by atoms with Crippen LogP contribution in [-0.4, -0.2) is 124 Å². The monoisotopic (exact) mass is 869 g/mol. The number of carbonyl (C=O) groups excluding carboxylic acids is 1. The summed E-state index contributed by atoms with van der Waals surface area (Å²) in [7, 11) is 4.21. The molecule has 0 spiro atoms. The fourth-order valence-corrected chi connectivity index (χ4v) is 11.4. The lowest BCUT2D eigenvalue weighted by molar-refractivity contribution is -0.142. The number of rotatable bonds is 9. The van der Waals surface area contributed by atoms with Crippen LogP contribution in [0.25, 0.3) is 31.5 Å². The summed E-state index contributed by atoms with van der Waals surface area (Å²) in [5.74, 6) is 0.970. The average Bonchev–Trinajstić information content (AvgIpc) is 4.10. The molecular weight excluding hydrogens is 823 g/mol. The Morgan fingerprint density at radius 1 is 0.742 bits per heavy atom. The molecule has 3 aliphatic rings. The predicted molar refractivity (Wildman–Crippen MR) is 242 cm³/mol. The third-order valence-electron chi connectivity index (χ3n) is 12.3. The molecule has 0 radical (unpaired) electrons. The number of aromatic nitrogens is 8. The molecule has 1 aliphatic heterocycles. The van der Waals surface area contributed by atoms with Crippen LogP contribution in [0.1, 0.15) is 33.7 Å². The van der Waals surface area contributed by atoms with Crippen LogP contribution in [0.15, 0.2) is 73.8 Å². The first-order valence-corrected chi connectivity index (χ1v) is 22.7. The molecule has 11 rings (SSSR count). The lowest BCUT2D eigenvalue weighted by Crippen LogP contribution is -2.51. The minimum Gasteiger partial charge on any atom is -0.481 e. The molecule has 2 aliphatic carbocycles. The molecule has 0 aromatic carbocycles. The second-order valence-corrected chi connectivity index (χ2v) is 18.6. The van der Waals surface area contributed by atoms with Crippen molar-refractivity contribution in [2.75, 3.05) is 64.0 Å². The molecule has 0 saturated carbocycles. The van der Waals surface area contributed by atoms with E-state index in [2.05, 4.69) is 75.6 Å². The summed E-state index contributed by atoms with van der Waals surface area (Å²) >= 11 is 3.30. The van der Waals surface area contributed by atoms with Crippen molar-refractivity contribution in [2.45, 2.75) is 38.5 Å². The van der Waals surface area contributed by atoms with Crippen molar-refractivity contribution in [1.82, 2.24) is 53.9 Å². The number of pyridine rings is 2.